The van der Waals surface area contributed by atoms with Gasteiger partial charge in [-0.25, -0.2) is 32.5 Å². The minimum Gasteiger partial charge on any atom is -0.319 e. The van der Waals surface area contributed by atoms with E-state index in [1.54, 1.807) is 0 Å². The van der Waals surface area contributed by atoms with E-state index in [9.17, 15) is 26.3 Å². The molecule has 0 saturated heterocycles. The summed E-state index contributed by atoms with van der Waals surface area (Å²) in [5.41, 5.74) is 6.65. The fourth-order valence-corrected chi connectivity index (χ4v) is 5.10. The number of nitrogens with two attached hydrogens (primary N) is 1. The molecule has 4 N–H and O–H groups in total. The maximum absolute atomic E-state index is 13.7. The third kappa shape index (κ3) is 5.61. The molecule has 2 heterocycles. The summed E-state index contributed by atoms with van der Waals surface area (Å²) in [6, 6.07) is -0.398. The second-order valence-electron chi connectivity index (χ2n) is 9.16. The second kappa shape index (κ2) is 8.40. The Morgan fingerprint density at radius 1 is 1.06 bits per heavy atom. The first-order valence-electron chi connectivity index (χ1n) is 10.9. The molecule has 1 aliphatic heterocycles. The van der Waals surface area contributed by atoms with E-state index in [2.05, 4.69) is 25.6 Å². The van der Waals surface area contributed by atoms with Crippen LogP contribution in [0, 0.1) is 5.92 Å². The molecule has 0 amide bonds. The van der Waals surface area contributed by atoms with Crippen LogP contribution in [0.5, 0.6) is 0 Å². The van der Waals surface area contributed by atoms with Gasteiger partial charge in [0.2, 0.25) is 11.8 Å². The van der Waals surface area contributed by atoms with Gasteiger partial charge in [-0.1, -0.05) is 0 Å². The van der Waals surface area contributed by atoms with Crippen molar-refractivity contribution in [1.82, 2.24) is 15.6 Å². The molecule has 6 nitrogen and oxygen atoms in total. The first-order valence-corrected chi connectivity index (χ1v) is 11.7. The van der Waals surface area contributed by atoms with Crippen LogP contribution < -0.4 is 16.4 Å². The Labute approximate surface area is 191 Å². The summed E-state index contributed by atoms with van der Waals surface area (Å²) in [5, 5.41) is 6.83. The molecule has 2 aliphatic carbocycles. The highest BCUT2D eigenvalue weighted by molar-refractivity contribution is 7.10. The Balaban J connectivity index is 1.62. The lowest BCUT2D eigenvalue weighted by atomic mass is 9.82. The first-order chi connectivity index (χ1) is 15.2. The SMILES string of the molecule is CC(F)(F)c1nc(C2=NC(N)(C3CCC(F)(F)CC3)NC(=NC3CCC(F)(F)CC3)N2)cs1. The predicted molar refractivity (Wildman–Crippen MR) is 113 cm³/mol. The second-order valence-corrected chi connectivity index (χ2v) is 10.0. The van der Waals surface area contributed by atoms with Crippen LogP contribution in [0.25, 0.3) is 0 Å². The van der Waals surface area contributed by atoms with Gasteiger partial charge < -0.3 is 10.6 Å². The number of nitrogens with one attached hydrogen (secondary N) is 2. The summed E-state index contributed by atoms with van der Waals surface area (Å²) in [4.78, 5) is 12.9. The van der Waals surface area contributed by atoms with Gasteiger partial charge in [0.1, 0.15) is 5.69 Å². The lowest BCUT2D eigenvalue weighted by Gasteiger charge is -2.42. The van der Waals surface area contributed by atoms with Crippen molar-refractivity contribution in [3.05, 3.63) is 16.1 Å². The van der Waals surface area contributed by atoms with E-state index in [0.717, 1.165) is 18.3 Å². The van der Waals surface area contributed by atoms with Gasteiger partial charge in [0.05, 0.1) is 6.04 Å². The largest absolute Gasteiger partial charge is 0.319 e. The number of nitrogens with zero attached hydrogens (tertiary/aromatic N) is 3. The van der Waals surface area contributed by atoms with Crippen molar-refractivity contribution < 1.29 is 26.3 Å². The highest BCUT2D eigenvalue weighted by Gasteiger charge is 2.46. The van der Waals surface area contributed by atoms with Gasteiger partial charge in [-0.15, -0.1) is 11.3 Å². The standard InChI is InChI=1S/C20H26F6N6S/c1-17(21,22)15-29-13(10-33-15)14-30-16(28-12-4-8-19(25,26)9-5-12)32-20(27,31-14)11-2-6-18(23,24)7-3-11/h10-12H,2-9,27H2,1H3,(H2,28,30,31,32). The van der Waals surface area contributed by atoms with Crippen LogP contribution in [0.15, 0.2) is 15.4 Å². The number of hydrogen-bond acceptors (Lipinski definition) is 5. The molecule has 1 aromatic heterocycles. The number of thiazole rings is 1. The van der Waals surface area contributed by atoms with Gasteiger partial charge in [-0.3, -0.25) is 5.73 Å². The van der Waals surface area contributed by atoms with Gasteiger partial charge in [-0.05, 0) is 25.7 Å². The molecule has 0 radical (unpaired) electrons. The number of halogens is 6. The molecule has 2 saturated carbocycles. The summed E-state index contributed by atoms with van der Waals surface area (Å²) in [7, 11) is 0. The third-order valence-corrected chi connectivity index (χ3v) is 7.33. The maximum Gasteiger partial charge on any atom is 0.296 e. The van der Waals surface area contributed by atoms with Crippen LogP contribution in [-0.2, 0) is 5.92 Å². The Kier molecular flexibility index (Phi) is 6.17. The van der Waals surface area contributed by atoms with Gasteiger partial charge in [0.15, 0.2) is 22.6 Å². The Morgan fingerprint density at radius 3 is 2.18 bits per heavy atom. The zero-order chi connectivity index (χ0) is 24.1. The fourth-order valence-electron chi connectivity index (χ4n) is 4.35. The van der Waals surface area contributed by atoms with Crippen molar-refractivity contribution in [2.24, 2.45) is 21.6 Å². The Hall–Kier alpha value is -1.89. The van der Waals surface area contributed by atoms with Crippen LogP contribution in [0.1, 0.15) is 69.0 Å². The summed E-state index contributed by atoms with van der Waals surface area (Å²) in [5.74, 6) is -10.4. The zero-order valence-electron chi connectivity index (χ0n) is 18.0. The molecule has 0 aromatic carbocycles. The quantitative estimate of drug-likeness (QED) is 0.533. The first kappa shape index (κ1) is 24.2. The summed E-state index contributed by atoms with van der Waals surface area (Å²) < 4.78 is 81.8. The normalized spacial score (nSPS) is 29.9. The minimum atomic E-state index is -3.14. The molecule has 33 heavy (non-hydrogen) atoms. The molecule has 1 atom stereocenters. The molecule has 3 aliphatic rings. The molecule has 1 aromatic rings. The molecule has 0 bridgehead atoms. The highest BCUT2D eigenvalue weighted by Crippen LogP contribution is 2.40. The van der Waals surface area contributed by atoms with Gasteiger partial charge in [-0.2, -0.15) is 8.78 Å². The van der Waals surface area contributed by atoms with Gasteiger partial charge >= 0.3 is 0 Å². The number of aliphatic imine (C=N–C) groups is 2. The number of rotatable bonds is 4. The average Bonchev–Trinajstić information content (AvgIpc) is 3.20. The fraction of sp³-hybridized carbons (Fsp3) is 0.750. The molecular weight excluding hydrogens is 470 g/mol. The van der Waals surface area contributed by atoms with E-state index >= 15 is 0 Å². The topological polar surface area (TPSA) is 87.7 Å². The molecule has 0 spiro atoms. The predicted octanol–water partition coefficient (Wildman–Crippen LogP) is 4.57. The summed E-state index contributed by atoms with van der Waals surface area (Å²) >= 11 is 0.757. The van der Waals surface area contributed by atoms with Crippen LogP contribution in [0.2, 0.25) is 0 Å². The molecule has 4 rings (SSSR count). The Bertz CT molecular complexity index is 922. The van der Waals surface area contributed by atoms with E-state index in [4.69, 9.17) is 5.73 Å². The van der Waals surface area contributed by atoms with Crippen LogP contribution in [0.3, 0.4) is 0 Å². The molecular formula is C20H26F6N6S. The van der Waals surface area contributed by atoms with Crippen molar-refractivity contribution in [3.8, 4) is 0 Å². The van der Waals surface area contributed by atoms with Crippen molar-refractivity contribution in [2.45, 2.75) is 87.9 Å². The van der Waals surface area contributed by atoms with Crippen molar-refractivity contribution >= 4 is 23.1 Å². The molecule has 1 unspecified atom stereocenters. The van der Waals surface area contributed by atoms with E-state index in [1.165, 1.54) is 5.38 Å². The van der Waals surface area contributed by atoms with Gasteiger partial charge in [0, 0.05) is 43.9 Å². The van der Waals surface area contributed by atoms with Crippen LogP contribution in [-0.4, -0.2) is 40.5 Å². The van der Waals surface area contributed by atoms with Crippen molar-refractivity contribution in [3.63, 3.8) is 0 Å². The number of amidine groups is 1. The van der Waals surface area contributed by atoms with E-state index in [1.807, 2.05) is 0 Å². The van der Waals surface area contributed by atoms with E-state index in [0.29, 0.717) is 0 Å². The smallest absolute Gasteiger partial charge is 0.296 e. The van der Waals surface area contributed by atoms with E-state index in [-0.39, 0.29) is 68.9 Å². The number of alkyl halides is 6. The molecule has 2 fully saturated rings. The minimum absolute atomic E-state index is 0.0835. The lowest BCUT2D eigenvalue weighted by molar-refractivity contribution is -0.0555. The van der Waals surface area contributed by atoms with Crippen LogP contribution >= 0.6 is 11.3 Å². The van der Waals surface area contributed by atoms with E-state index < -0.39 is 40.5 Å². The molecule has 184 valence electrons. The highest BCUT2D eigenvalue weighted by atomic mass is 32.1. The molecule has 13 heteroatoms. The summed E-state index contributed by atoms with van der Waals surface area (Å²) in [6.07, 6.45) is -0.723. The lowest BCUT2D eigenvalue weighted by Crippen LogP contribution is -2.67. The van der Waals surface area contributed by atoms with Crippen molar-refractivity contribution in [2.75, 3.05) is 0 Å². The number of guanidine groups is 1. The Morgan fingerprint density at radius 2 is 1.64 bits per heavy atom. The maximum atomic E-state index is 13.7. The third-order valence-electron chi connectivity index (χ3n) is 6.31. The van der Waals surface area contributed by atoms with Crippen molar-refractivity contribution in [1.29, 1.82) is 0 Å². The van der Waals surface area contributed by atoms with Gasteiger partial charge in [0.25, 0.3) is 5.92 Å². The monoisotopic (exact) mass is 496 g/mol. The number of aromatic nitrogens is 1. The average molecular weight is 497 g/mol. The zero-order valence-corrected chi connectivity index (χ0v) is 18.8. The summed E-state index contributed by atoms with van der Waals surface area (Å²) in [6.45, 7) is 0.731. The van der Waals surface area contributed by atoms with Crippen LogP contribution in [0.4, 0.5) is 26.3 Å². The number of hydrogen-bond donors (Lipinski definition) is 3.